The van der Waals surface area contributed by atoms with E-state index in [1.54, 1.807) is 44.6 Å². The number of aromatic nitrogens is 1. The Hall–Kier alpha value is -2.67. The number of ether oxygens (including phenoxy) is 1. The average molecular weight is 329 g/mol. The van der Waals surface area contributed by atoms with Crippen LogP contribution in [0.3, 0.4) is 0 Å². The Kier molecular flexibility index (Phi) is 4.35. The molecule has 2 aromatic heterocycles. The van der Waals surface area contributed by atoms with E-state index in [4.69, 9.17) is 14.9 Å². The molecule has 0 spiro atoms. The highest BCUT2D eigenvalue weighted by atomic mass is 16.5. The average Bonchev–Trinajstić information content (AvgIpc) is 3.23. The van der Waals surface area contributed by atoms with E-state index in [-0.39, 0.29) is 12.0 Å². The first kappa shape index (κ1) is 16.2. The van der Waals surface area contributed by atoms with Crippen LogP contribution in [0.1, 0.15) is 22.5 Å². The summed E-state index contributed by atoms with van der Waals surface area (Å²) in [7, 11) is 1.56. The lowest BCUT2D eigenvalue weighted by atomic mass is 10.1. The molecule has 3 heterocycles. The highest BCUT2D eigenvalue weighted by Gasteiger charge is 2.39. The number of rotatable bonds is 4. The van der Waals surface area contributed by atoms with Crippen molar-refractivity contribution in [2.75, 3.05) is 13.7 Å². The van der Waals surface area contributed by atoms with Gasteiger partial charge >= 0.3 is 0 Å². The van der Waals surface area contributed by atoms with E-state index in [0.717, 1.165) is 0 Å². The molecule has 1 aliphatic heterocycles. The highest BCUT2D eigenvalue weighted by Crippen LogP contribution is 2.25. The van der Waals surface area contributed by atoms with Gasteiger partial charge in [0.25, 0.3) is 5.91 Å². The maximum absolute atomic E-state index is 12.8. The predicted molar refractivity (Wildman–Crippen MR) is 86.1 cm³/mol. The number of nitrogens with two attached hydrogens (primary N) is 1. The summed E-state index contributed by atoms with van der Waals surface area (Å²) in [4.78, 5) is 30.4. The lowest BCUT2D eigenvalue weighted by Crippen LogP contribution is -2.44. The molecule has 3 rings (SSSR count). The van der Waals surface area contributed by atoms with Gasteiger partial charge in [0.2, 0.25) is 5.91 Å². The van der Waals surface area contributed by atoms with E-state index < -0.39 is 11.9 Å². The van der Waals surface area contributed by atoms with E-state index in [1.807, 2.05) is 0 Å². The minimum Gasteiger partial charge on any atom is -0.463 e. The largest absolute Gasteiger partial charge is 0.463 e. The van der Waals surface area contributed by atoms with Gasteiger partial charge in [0, 0.05) is 20.1 Å². The molecule has 0 saturated carbocycles. The highest BCUT2D eigenvalue weighted by molar-refractivity contribution is 5.98. The monoisotopic (exact) mass is 329 g/mol. The molecule has 0 aliphatic carbocycles. The molecule has 0 bridgehead atoms. The summed E-state index contributed by atoms with van der Waals surface area (Å²) in [5, 5.41) is 0. The zero-order valence-electron chi connectivity index (χ0n) is 13.6. The van der Waals surface area contributed by atoms with Gasteiger partial charge in [-0.1, -0.05) is 0 Å². The summed E-state index contributed by atoms with van der Waals surface area (Å²) in [6.07, 6.45) is 1.79. The molecular weight excluding hydrogens is 310 g/mol. The second-order valence-electron chi connectivity index (χ2n) is 5.78. The van der Waals surface area contributed by atoms with Crippen molar-refractivity contribution in [2.24, 2.45) is 5.73 Å². The molecule has 126 valence electrons. The van der Waals surface area contributed by atoms with Gasteiger partial charge in [0.05, 0.1) is 23.6 Å². The van der Waals surface area contributed by atoms with E-state index in [9.17, 15) is 9.59 Å². The van der Waals surface area contributed by atoms with Crippen LogP contribution >= 0.6 is 0 Å². The Labute approximate surface area is 139 Å². The number of furan rings is 1. The van der Waals surface area contributed by atoms with Gasteiger partial charge in [-0.3, -0.25) is 9.59 Å². The number of primary amides is 1. The summed E-state index contributed by atoms with van der Waals surface area (Å²) < 4.78 is 10.6. The SMILES string of the molecule is CO[C@H]1C[C@@H](C(N)=O)N(C(=O)c2ccc(-c3ccco3)nc2C)C1. The van der Waals surface area contributed by atoms with Crippen LogP contribution in [0.4, 0.5) is 0 Å². The van der Waals surface area contributed by atoms with Crippen LogP contribution in [0.5, 0.6) is 0 Å². The van der Waals surface area contributed by atoms with Gasteiger partial charge in [-0.05, 0) is 31.2 Å². The van der Waals surface area contributed by atoms with Crippen LogP contribution in [0, 0.1) is 6.92 Å². The second kappa shape index (κ2) is 6.45. The lowest BCUT2D eigenvalue weighted by Gasteiger charge is -2.22. The van der Waals surface area contributed by atoms with Crippen LogP contribution < -0.4 is 5.73 Å². The smallest absolute Gasteiger partial charge is 0.256 e. The number of hydrogen-bond acceptors (Lipinski definition) is 5. The number of carbonyl (C=O) groups excluding carboxylic acids is 2. The zero-order chi connectivity index (χ0) is 17.3. The zero-order valence-corrected chi connectivity index (χ0v) is 13.6. The van der Waals surface area contributed by atoms with Crippen LogP contribution in [-0.4, -0.2) is 47.5 Å². The third-order valence-electron chi connectivity index (χ3n) is 4.28. The summed E-state index contributed by atoms with van der Waals surface area (Å²) >= 11 is 0. The molecule has 0 unspecified atom stereocenters. The first-order valence-electron chi connectivity index (χ1n) is 7.66. The summed E-state index contributed by atoms with van der Waals surface area (Å²) in [5.41, 5.74) is 7.09. The molecule has 2 atom stereocenters. The van der Waals surface area contributed by atoms with Crippen molar-refractivity contribution in [3.05, 3.63) is 41.8 Å². The second-order valence-corrected chi connectivity index (χ2v) is 5.78. The van der Waals surface area contributed by atoms with Crippen molar-refractivity contribution < 1.29 is 18.7 Å². The number of amides is 2. The van der Waals surface area contributed by atoms with Gasteiger partial charge in [-0.15, -0.1) is 0 Å². The predicted octanol–water partition coefficient (Wildman–Crippen LogP) is 1.36. The third-order valence-corrected chi connectivity index (χ3v) is 4.28. The van der Waals surface area contributed by atoms with E-state index in [1.165, 1.54) is 4.90 Å². The molecule has 2 N–H and O–H groups in total. The molecule has 2 aromatic rings. The Morgan fingerprint density at radius 3 is 2.75 bits per heavy atom. The summed E-state index contributed by atoms with van der Waals surface area (Å²) in [5.74, 6) is -0.164. The van der Waals surface area contributed by atoms with Gasteiger partial charge in [0.15, 0.2) is 5.76 Å². The molecule has 0 radical (unpaired) electrons. The van der Waals surface area contributed by atoms with E-state index in [2.05, 4.69) is 4.98 Å². The van der Waals surface area contributed by atoms with E-state index >= 15 is 0 Å². The summed E-state index contributed by atoms with van der Waals surface area (Å²) in [6.45, 7) is 2.09. The fourth-order valence-electron chi connectivity index (χ4n) is 2.97. The van der Waals surface area contributed by atoms with E-state index in [0.29, 0.717) is 35.7 Å². The quantitative estimate of drug-likeness (QED) is 0.913. The Balaban J connectivity index is 1.88. The van der Waals surface area contributed by atoms with Crippen LogP contribution in [0.15, 0.2) is 34.9 Å². The van der Waals surface area contributed by atoms with Crippen molar-refractivity contribution in [2.45, 2.75) is 25.5 Å². The fourth-order valence-corrected chi connectivity index (χ4v) is 2.97. The molecule has 0 aromatic carbocycles. The molecular formula is C17H19N3O4. The number of hydrogen-bond donors (Lipinski definition) is 1. The fraction of sp³-hybridized carbons (Fsp3) is 0.353. The number of aryl methyl sites for hydroxylation is 1. The normalized spacial score (nSPS) is 20.3. The maximum atomic E-state index is 12.8. The minimum atomic E-state index is -0.661. The Morgan fingerprint density at radius 1 is 1.38 bits per heavy atom. The molecule has 1 fully saturated rings. The van der Waals surface area contributed by atoms with Crippen LogP contribution in [0.2, 0.25) is 0 Å². The first-order chi connectivity index (χ1) is 11.5. The lowest BCUT2D eigenvalue weighted by molar-refractivity contribution is -0.121. The number of methoxy groups -OCH3 is 1. The molecule has 7 heteroatoms. The Morgan fingerprint density at radius 2 is 2.17 bits per heavy atom. The minimum absolute atomic E-state index is 0.192. The van der Waals surface area contributed by atoms with Crippen molar-refractivity contribution >= 4 is 11.8 Å². The molecule has 1 aliphatic rings. The number of likely N-dealkylation sites (tertiary alicyclic amines) is 1. The van der Waals surface area contributed by atoms with Gasteiger partial charge in [-0.2, -0.15) is 0 Å². The molecule has 7 nitrogen and oxygen atoms in total. The van der Waals surface area contributed by atoms with Crippen molar-refractivity contribution in [1.29, 1.82) is 0 Å². The number of pyridine rings is 1. The maximum Gasteiger partial charge on any atom is 0.256 e. The molecule has 2 amide bonds. The standard InChI is InChI=1S/C17H19N3O4/c1-10-12(5-6-13(19-10)15-4-3-7-24-15)17(22)20-9-11(23-2)8-14(20)16(18)21/h3-7,11,14H,8-9H2,1-2H3,(H2,18,21)/t11-,14-/m0/s1. The molecule has 24 heavy (non-hydrogen) atoms. The van der Waals surface area contributed by atoms with Crippen LogP contribution in [0.25, 0.3) is 11.5 Å². The van der Waals surface area contributed by atoms with Crippen molar-refractivity contribution in [3.8, 4) is 11.5 Å². The third kappa shape index (κ3) is 2.90. The topological polar surface area (TPSA) is 98.7 Å². The van der Waals surface area contributed by atoms with Gasteiger partial charge < -0.3 is 19.8 Å². The van der Waals surface area contributed by atoms with Crippen molar-refractivity contribution in [3.63, 3.8) is 0 Å². The van der Waals surface area contributed by atoms with Gasteiger partial charge in [0.1, 0.15) is 11.7 Å². The number of carbonyl (C=O) groups is 2. The van der Waals surface area contributed by atoms with Crippen LogP contribution in [-0.2, 0) is 9.53 Å². The first-order valence-corrected chi connectivity index (χ1v) is 7.66. The molecule has 1 saturated heterocycles. The van der Waals surface area contributed by atoms with Gasteiger partial charge in [-0.25, -0.2) is 4.98 Å². The Bertz CT molecular complexity index is 757. The number of nitrogens with zero attached hydrogens (tertiary/aromatic N) is 2. The summed E-state index contributed by atoms with van der Waals surface area (Å²) in [6, 6.07) is 6.34. The van der Waals surface area contributed by atoms with Crippen molar-refractivity contribution in [1.82, 2.24) is 9.88 Å².